The lowest BCUT2D eigenvalue weighted by Crippen LogP contribution is -2.39. The van der Waals surface area contributed by atoms with Gasteiger partial charge in [0.2, 0.25) is 5.91 Å². The fourth-order valence-corrected chi connectivity index (χ4v) is 5.36. The normalized spacial score (nSPS) is 13.0. The summed E-state index contributed by atoms with van der Waals surface area (Å²) in [5.74, 6) is -1.51. The summed E-state index contributed by atoms with van der Waals surface area (Å²) in [6.07, 6.45) is -9.03. The average Bonchev–Trinajstić information content (AvgIpc) is 3.05. The predicted octanol–water partition coefficient (Wildman–Crippen LogP) is 8.97. The summed E-state index contributed by atoms with van der Waals surface area (Å²) in [6.45, 7) is 4.90. The third-order valence-electron chi connectivity index (χ3n) is 8.01. The van der Waals surface area contributed by atoms with Crippen molar-refractivity contribution in [3.05, 3.63) is 130 Å². The maximum atomic E-state index is 14.2. The van der Waals surface area contributed by atoms with E-state index in [1.807, 2.05) is 36.4 Å². The van der Waals surface area contributed by atoms with E-state index in [4.69, 9.17) is 0 Å². The first-order chi connectivity index (χ1) is 22.7. The summed E-state index contributed by atoms with van der Waals surface area (Å²) >= 11 is 0. The first kappa shape index (κ1) is 36.0. The summed E-state index contributed by atoms with van der Waals surface area (Å²) in [4.78, 5) is 27.6. The molecule has 0 aliphatic carbocycles. The van der Waals surface area contributed by atoms with Crippen molar-refractivity contribution in [2.45, 2.75) is 64.6 Å². The van der Waals surface area contributed by atoms with Crippen LogP contribution in [0.2, 0.25) is 0 Å². The van der Waals surface area contributed by atoms with Gasteiger partial charge in [0.1, 0.15) is 0 Å². The highest BCUT2D eigenvalue weighted by molar-refractivity contribution is 5.84. The number of rotatable bonds is 11. The lowest BCUT2D eigenvalue weighted by atomic mass is 9.90. The quantitative estimate of drug-likeness (QED) is 0.157. The number of nitrogens with one attached hydrogen (secondary N) is 2. The number of hydrogen-bond acceptors (Lipinski definition) is 2. The molecule has 2 N–H and O–H groups in total. The summed E-state index contributed by atoms with van der Waals surface area (Å²) in [5, 5.41) is 5.60. The van der Waals surface area contributed by atoms with Gasteiger partial charge in [-0.3, -0.25) is 4.79 Å². The maximum Gasteiger partial charge on any atom is 0.416 e. The lowest BCUT2D eigenvalue weighted by molar-refractivity contribution is -0.138. The number of urea groups is 1. The number of hydrogen-bond donors (Lipinski definition) is 2. The third kappa shape index (κ3) is 9.62. The Hall–Kier alpha value is -4.80. The predicted molar refractivity (Wildman–Crippen MR) is 173 cm³/mol. The summed E-state index contributed by atoms with van der Waals surface area (Å²) in [7, 11) is 0. The molecule has 2 atom stereocenters. The van der Waals surface area contributed by atoms with E-state index in [-0.39, 0.29) is 47.9 Å². The van der Waals surface area contributed by atoms with E-state index in [1.54, 1.807) is 38.1 Å². The smallest absolute Gasteiger partial charge is 0.353 e. The maximum absolute atomic E-state index is 14.2. The molecule has 4 aromatic carbocycles. The van der Waals surface area contributed by atoms with Gasteiger partial charge in [-0.15, -0.1) is 0 Å². The van der Waals surface area contributed by atoms with Gasteiger partial charge in [0.15, 0.2) is 0 Å². The molecule has 5 nitrogen and oxygen atoms in total. The Balaban J connectivity index is 1.68. The average molecular weight is 670 g/mol. The monoisotopic (exact) mass is 669 g/mol. The van der Waals surface area contributed by atoms with Crippen molar-refractivity contribution in [2.75, 3.05) is 6.54 Å². The van der Waals surface area contributed by atoms with Crippen LogP contribution in [0.4, 0.5) is 31.1 Å². The second-order valence-electron chi connectivity index (χ2n) is 11.7. The highest BCUT2D eigenvalue weighted by Gasteiger charge is 2.34. The molecular weight excluding hydrogens is 632 g/mol. The first-order valence-corrected chi connectivity index (χ1v) is 15.5. The molecule has 0 heterocycles. The molecule has 0 saturated carbocycles. The molecule has 0 aromatic heterocycles. The molecule has 48 heavy (non-hydrogen) atoms. The standard InChI is InChI=1S/C37H37F6N3O2/c1-4-46(35(48)44-22-27-13-9-6-10-14-27)23-30-21-31(36(38,39)40)15-16-33(30)29-18-28(19-32(20-29)37(41,42)43)25(3)34(47)45-24(2)17-26-11-7-5-8-12-26/h5-16,18-21,24-25H,4,17,22-23H2,1-3H3,(H,44,48)(H,45,47)/t24-,25-/m1/s1. The van der Waals surface area contributed by atoms with Gasteiger partial charge in [-0.1, -0.05) is 72.8 Å². The Morgan fingerprint density at radius 1 is 0.750 bits per heavy atom. The van der Waals surface area contributed by atoms with Crippen LogP contribution in [-0.2, 0) is 36.7 Å². The molecule has 0 fully saturated rings. The lowest BCUT2D eigenvalue weighted by Gasteiger charge is -2.25. The second kappa shape index (κ2) is 15.4. The molecule has 0 radical (unpaired) electrons. The number of nitrogens with zero attached hydrogens (tertiary/aromatic N) is 1. The van der Waals surface area contributed by atoms with E-state index in [0.29, 0.717) is 6.42 Å². The Bertz CT molecular complexity index is 1690. The minimum absolute atomic E-state index is 0.000369. The van der Waals surface area contributed by atoms with Crippen molar-refractivity contribution in [2.24, 2.45) is 0 Å². The van der Waals surface area contributed by atoms with Crippen LogP contribution in [0.15, 0.2) is 97.1 Å². The van der Waals surface area contributed by atoms with Gasteiger partial charge in [-0.25, -0.2) is 4.79 Å². The van der Waals surface area contributed by atoms with Gasteiger partial charge < -0.3 is 15.5 Å². The number of halogens is 6. The molecule has 254 valence electrons. The van der Waals surface area contributed by atoms with Crippen LogP contribution in [-0.4, -0.2) is 29.4 Å². The van der Waals surface area contributed by atoms with Gasteiger partial charge >= 0.3 is 18.4 Å². The number of carbonyl (C=O) groups is 2. The zero-order chi connectivity index (χ0) is 35.1. The highest BCUT2D eigenvalue weighted by Crippen LogP contribution is 2.38. The van der Waals surface area contributed by atoms with Crippen LogP contribution in [0, 0.1) is 0 Å². The largest absolute Gasteiger partial charge is 0.416 e. The number of alkyl halides is 6. The summed E-state index contributed by atoms with van der Waals surface area (Å²) < 4.78 is 84.0. The minimum Gasteiger partial charge on any atom is -0.353 e. The summed E-state index contributed by atoms with van der Waals surface area (Å²) in [5.41, 5.74) is -0.172. The van der Waals surface area contributed by atoms with Crippen LogP contribution in [0.25, 0.3) is 11.1 Å². The van der Waals surface area contributed by atoms with E-state index in [9.17, 15) is 35.9 Å². The zero-order valence-corrected chi connectivity index (χ0v) is 26.8. The van der Waals surface area contributed by atoms with E-state index in [1.165, 1.54) is 17.9 Å². The Morgan fingerprint density at radius 3 is 1.94 bits per heavy atom. The Kier molecular flexibility index (Phi) is 11.6. The summed E-state index contributed by atoms with van der Waals surface area (Å²) in [6, 6.07) is 23.4. The van der Waals surface area contributed by atoms with E-state index < -0.39 is 41.3 Å². The molecule has 4 aromatic rings. The van der Waals surface area contributed by atoms with Crippen molar-refractivity contribution in [1.29, 1.82) is 0 Å². The van der Waals surface area contributed by atoms with Gasteiger partial charge in [-0.2, -0.15) is 26.3 Å². The van der Waals surface area contributed by atoms with Crippen LogP contribution in [0.5, 0.6) is 0 Å². The van der Waals surface area contributed by atoms with Crippen LogP contribution in [0.3, 0.4) is 0 Å². The molecule has 0 spiro atoms. The molecule has 4 rings (SSSR count). The van der Waals surface area contributed by atoms with E-state index in [0.717, 1.165) is 41.5 Å². The van der Waals surface area contributed by atoms with Gasteiger partial charge in [0, 0.05) is 25.7 Å². The van der Waals surface area contributed by atoms with Crippen LogP contribution < -0.4 is 10.6 Å². The fourth-order valence-electron chi connectivity index (χ4n) is 5.36. The first-order valence-electron chi connectivity index (χ1n) is 15.5. The molecule has 3 amide bonds. The number of amides is 3. The van der Waals surface area contributed by atoms with E-state index >= 15 is 0 Å². The molecule has 0 aliphatic rings. The third-order valence-corrected chi connectivity index (χ3v) is 8.01. The molecule has 0 aliphatic heterocycles. The van der Waals surface area contributed by atoms with Crippen molar-refractivity contribution in [3.63, 3.8) is 0 Å². The molecule has 11 heteroatoms. The molecule has 0 bridgehead atoms. The van der Waals surface area contributed by atoms with Crippen LogP contribution in [0.1, 0.15) is 60.1 Å². The Labute approximate surface area is 276 Å². The van der Waals surface area contributed by atoms with Crippen molar-refractivity contribution in [1.82, 2.24) is 15.5 Å². The Morgan fingerprint density at radius 2 is 1.35 bits per heavy atom. The zero-order valence-electron chi connectivity index (χ0n) is 26.8. The van der Waals surface area contributed by atoms with Gasteiger partial charge in [0.25, 0.3) is 0 Å². The van der Waals surface area contributed by atoms with Crippen molar-refractivity contribution < 1.29 is 35.9 Å². The molecular formula is C37H37F6N3O2. The molecule has 0 unspecified atom stereocenters. The highest BCUT2D eigenvalue weighted by atomic mass is 19.4. The number of benzene rings is 4. The fraction of sp³-hybridized carbons (Fsp3) is 0.297. The van der Waals surface area contributed by atoms with Gasteiger partial charge in [-0.05, 0) is 84.8 Å². The molecule has 0 saturated heterocycles. The minimum atomic E-state index is -4.81. The van der Waals surface area contributed by atoms with Gasteiger partial charge in [0.05, 0.1) is 17.0 Å². The van der Waals surface area contributed by atoms with E-state index in [2.05, 4.69) is 10.6 Å². The van der Waals surface area contributed by atoms with Crippen LogP contribution >= 0.6 is 0 Å². The number of carbonyl (C=O) groups excluding carboxylic acids is 2. The second-order valence-corrected chi connectivity index (χ2v) is 11.7. The topological polar surface area (TPSA) is 61.4 Å². The van der Waals surface area contributed by atoms with Crippen molar-refractivity contribution in [3.8, 4) is 11.1 Å². The van der Waals surface area contributed by atoms with Crippen molar-refractivity contribution >= 4 is 11.9 Å². The SMILES string of the molecule is CCN(Cc1cc(C(F)(F)F)ccc1-c1cc([C@@H](C)C(=O)N[C@H](C)Cc2ccccc2)cc(C(F)(F)F)c1)C(=O)NCc1ccccc1.